The number of aliphatic imine (C=N–C) groups is 1. The molecule has 0 aliphatic carbocycles. The number of nitrogens with zero attached hydrogens (tertiary/aromatic N) is 1. The van der Waals surface area contributed by atoms with Gasteiger partial charge in [0.15, 0.2) is 17.5 Å². The molecule has 1 aromatic carbocycles. The van der Waals surface area contributed by atoms with Crippen molar-refractivity contribution in [2.75, 3.05) is 14.2 Å². The number of hydrogen-bond acceptors (Lipinski definition) is 3. The summed E-state index contributed by atoms with van der Waals surface area (Å²) in [4.78, 5) is 14.6. The van der Waals surface area contributed by atoms with E-state index >= 15 is 0 Å². The Morgan fingerprint density at radius 3 is 2.44 bits per heavy atom. The molecule has 0 atom stereocenters. The zero-order valence-corrected chi connectivity index (χ0v) is 10.2. The highest BCUT2D eigenvalue weighted by molar-refractivity contribution is 5.99. The average molecular weight is 249 g/mol. The Balaban J connectivity index is 2.89. The number of methoxy groups -OCH3 is 2. The van der Waals surface area contributed by atoms with Gasteiger partial charge < -0.3 is 20.9 Å². The molecule has 96 valence electrons. The maximum atomic E-state index is 11.2. The normalized spacial score (nSPS) is 10.1. The van der Waals surface area contributed by atoms with Crippen LogP contribution in [0.15, 0.2) is 29.3 Å². The molecule has 4 N–H and O–H groups in total. The number of benzene rings is 1. The highest BCUT2D eigenvalue weighted by Gasteiger charge is 2.02. The summed E-state index contributed by atoms with van der Waals surface area (Å²) in [5.74, 6) is 0.404. The minimum Gasteiger partial charge on any atom is -0.493 e. The van der Waals surface area contributed by atoms with Crippen molar-refractivity contribution < 1.29 is 14.3 Å². The van der Waals surface area contributed by atoms with Crippen LogP contribution >= 0.6 is 0 Å². The van der Waals surface area contributed by atoms with Crippen LogP contribution in [0.2, 0.25) is 0 Å². The van der Waals surface area contributed by atoms with Crippen LogP contribution in [-0.2, 0) is 4.79 Å². The lowest BCUT2D eigenvalue weighted by molar-refractivity contribution is -0.113. The molecule has 6 heteroatoms. The average Bonchev–Trinajstić information content (AvgIpc) is 2.35. The molecule has 0 fully saturated rings. The minimum atomic E-state index is -0.523. The van der Waals surface area contributed by atoms with Crippen molar-refractivity contribution in [3.8, 4) is 11.5 Å². The van der Waals surface area contributed by atoms with Gasteiger partial charge in [-0.2, -0.15) is 4.99 Å². The number of nitrogens with two attached hydrogens (primary N) is 2. The first-order valence-corrected chi connectivity index (χ1v) is 5.10. The Morgan fingerprint density at radius 2 is 1.89 bits per heavy atom. The van der Waals surface area contributed by atoms with Gasteiger partial charge >= 0.3 is 0 Å². The van der Waals surface area contributed by atoms with E-state index in [0.717, 1.165) is 5.56 Å². The molecule has 1 amide bonds. The van der Waals surface area contributed by atoms with Crippen LogP contribution in [0.1, 0.15) is 5.56 Å². The number of carbonyl (C=O) groups is 1. The van der Waals surface area contributed by atoms with Crippen LogP contribution in [0.25, 0.3) is 6.08 Å². The van der Waals surface area contributed by atoms with E-state index in [1.54, 1.807) is 31.4 Å². The summed E-state index contributed by atoms with van der Waals surface area (Å²) >= 11 is 0. The van der Waals surface area contributed by atoms with Crippen LogP contribution < -0.4 is 20.9 Å². The van der Waals surface area contributed by atoms with Crippen LogP contribution in [0.4, 0.5) is 0 Å². The predicted octanol–water partition coefficient (Wildman–Crippen LogP) is 0.517. The van der Waals surface area contributed by atoms with Gasteiger partial charge in [0.25, 0.3) is 5.91 Å². The monoisotopic (exact) mass is 249 g/mol. The molecule has 1 aromatic rings. The molecular formula is C12H15N3O3. The quantitative estimate of drug-likeness (QED) is 0.460. The van der Waals surface area contributed by atoms with E-state index in [1.807, 2.05) is 0 Å². The Bertz CT molecular complexity index is 491. The number of carbonyl (C=O) groups excluding carboxylic acids is 1. The van der Waals surface area contributed by atoms with E-state index in [0.29, 0.717) is 11.5 Å². The number of rotatable bonds is 4. The lowest BCUT2D eigenvalue weighted by Crippen LogP contribution is -2.23. The Labute approximate surface area is 105 Å². The van der Waals surface area contributed by atoms with Gasteiger partial charge in [0.1, 0.15) is 0 Å². The molecule has 0 radical (unpaired) electrons. The molecule has 0 saturated heterocycles. The first kappa shape index (κ1) is 13.6. The molecular weight excluding hydrogens is 234 g/mol. The van der Waals surface area contributed by atoms with E-state index in [1.165, 1.54) is 13.2 Å². The first-order valence-electron chi connectivity index (χ1n) is 5.10. The molecule has 0 unspecified atom stereocenters. The smallest absolute Gasteiger partial charge is 0.272 e. The Morgan fingerprint density at radius 1 is 1.22 bits per heavy atom. The van der Waals surface area contributed by atoms with Crippen molar-refractivity contribution in [1.82, 2.24) is 0 Å². The first-order chi connectivity index (χ1) is 8.56. The predicted molar refractivity (Wildman–Crippen MR) is 69.4 cm³/mol. The Hall–Kier alpha value is -2.50. The summed E-state index contributed by atoms with van der Waals surface area (Å²) < 4.78 is 10.2. The maximum Gasteiger partial charge on any atom is 0.272 e. The number of hydrogen-bond donors (Lipinski definition) is 2. The zero-order valence-electron chi connectivity index (χ0n) is 10.2. The van der Waals surface area contributed by atoms with Crippen molar-refractivity contribution in [2.45, 2.75) is 0 Å². The van der Waals surface area contributed by atoms with Crippen molar-refractivity contribution in [3.05, 3.63) is 29.8 Å². The van der Waals surface area contributed by atoms with Gasteiger partial charge in [-0.1, -0.05) is 6.07 Å². The fourth-order valence-corrected chi connectivity index (χ4v) is 1.29. The Kier molecular flexibility index (Phi) is 4.74. The molecule has 0 aromatic heterocycles. The second kappa shape index (κ2) is 6.29. The molecule has 6 nitrogen and oxygen atoms in total. The lowest BCUT2D eigenvalue weighted by Gasteiger charge is -2.07. The SMILES string of the molecule is COc1ccc(/C=C/C(=O)N=C(N)N)cc1OC. The van der Waals surface area contributed by atoms with E-state index in [9.17, 15) is 4.79 Å². The molecule has 1 rings (SSSR count). The van der Waals surface area contributed by atoms with Crippen LogP contribution in [0.5, 0.6) is 11.5 Å². The van der Waals surface area contributed by atoms with Gasteiger partial charge in [0, 0.05) is 6.08 Å². The van der Waals surface area contributed by atoms with Crippen molar-refractivity contribution >= 4 is 17.9 Å². The largest absolute Gasteiger partial charge is 0.493 e. The molecule has 0 heterocycles. The molecule has 0 saturated carbocycles. The molecule has 0 aliphatic rings. The standard InChI is InChI=1S/C12H15N3O3/c1-17-9-5-3-8(7-10(9)18-2)4-6-11(16)15-12(13)14/h3-7H,1-2H3,(H4,13,14,15,16)/b6-4+. The van der Waals surface area contributed by atoms with Crippen molar-refractivity contribution in [1.29, 1.82) is 0 Å². The van der Waals surface area contributed by atoms with Crippen LogP contribution in [0, 0.1) is 0 Å². The molecule has 0 aliphatic heterocycles. The highest BCUT2D eigenvalue weighted by Crippen LogP contribution is 2.27. The topological polar surface area (TPSA) is 99.9 Å². The van der Waals surface area contributed by atoms with E-state index < -0.39 is 5.91 Å². The molecule has 18 heavy (non-hydrogen) atoms. The van der Waals surface area contributed by atoms with E-state index in [2.05, 4.69) is 4.99 Å². The maximum absolute atomic E-state index is 11.2. The summed E-state index contributed by atoms with van der Waals surface area (Å²) in [6.07, 6.45) is 2.84. The van der Waals surface area contributed by atoms with Crippen molar-refractivity contribution in [2.24, 2.45) is 16.5 Å². The summed E-state index contributed by atoms with van der Waals surface area (Å²) in [5.41, 5.74) is 10.9. The third-order valence-corrected chi connectivity index (χ3v) is 2.07. The number of amides is 1. The fourth-order valence-electron chi connectivity index (χ4n) is 1.29. The van der Waals surface area contributed by atoms with Crippen molar-refractivity contribution in [3.63, 3.8) is 0 Å². The van der Waals surface area contributed by atoms with E-state index in [-0.39, 0.29) is 5.96 Å². The number of ether oxygens (including phenoxy) is 2. The highest BCUT2D eigenvalue weighted by atomic mass is 16.5. The summed E-state index contributed by atoms with van der Waals surface area (Å²) in [6, 6.07) is 5.25. The minimum absolute atomic E-state index is 0.267. The zero-order chi connectivity index (χ0) is 13.5. The van der Waals surface area contributed by atoms with Gasteiger partial charge in [-0.05, 0) is 23.8 Å². The van der Waals surface area contributed by atoms with Gasteiger partial charge in [-0.3, -0.25) is 4.79 Å². The number of guanidine groups is 1. The third kappa shape index (κ3) is 3.82. The van der Waals surface area contributed by atoms with Gasteiger partial charge in [0.2, 0.25) is 0 Å². The summed E-state index contributed by atoms with van der Waals surface area (Å²) in [6.45, 7) is 0. The third-order valence-electron chi connectivity index (χ3n) is 2.07. The van der Waals surface area contributed by atoms with Gasteiger partial charge in [-0.15, -0.1) is 0 Å². The van der Waals surface area contributed by atoms with E-state index in [4.69, 9.17) is 20.9 Å². The summed E-state index contributed by atoms with van der Waals surface area (Å²) in [7, 11) is 3.09. The van der Waals surface area contributed by atoms with Gasteiger partial charge in [0.05, 0.1) is 14.2 Å². The molecule has 0 spiro atoms. The second-order valence-corrected chi connectivity index (χ2v) is 3.32. The lowest BCUT2D eigenvalue weighted by atomic mass is 10.2. The molecule has 0 bridgehead atoms. The second-order valence-electron chi connectivity index (χ2n) is 3.32. The fraction of sp³-hybridized carbons (Fsp3) is 0.167. The summed E-state index contributed by atoms with van der Waals surface area (Å²) in [5, 5.41) is 0. The van der Waals surface area contributed by atoms with Crippen LogP contribution in [0.3, 0.4) is 0 Å². The van der Waals surface area contributed by atoms with Crippen LogP contribution in [-0.4, -0.2) is 26.1 Å². The van der Waals surface area contributed by atoms with Gasteiger partial charge in [-0.25, -0.2) is 0 Å².